The van der Waals surface area contributed by atoms with E-state index in [4.69, 9.17) is 15.6 Å². The fourth-order valence-corrected chi connectivity index (χ4v) is 2.96. The van der Waals surface area contributed by atoms with E-state index in [2.05, 4.69) is 10.3 Å². The van der Waals surface area contributed by atoms with Crippen LogP contribution in [-0.4, -0.2) is 59.3 Å². The average Bonchev–Trinajstić information content (AvgIpc) is 2.80. The Bertz CT molecular complexity index is 479. The summed E-state index contributed by atoms with van der Waals surface area (Å²) in [7, 11) is 0. The number of aromatic nitrogens is 1. The minimum absolute atomic E-state index is 0.0469. The highest BCUT2D eigenvalue weighted by molar-refractivity contribution is 7.18. The van der Waals surface area contributed by atoms with Crippen LogP contribution >= 0.6 is 11.3 Å². The Morgan fingerprint density at radius 2 is 2.45 bits per heavy atom. The predicted molar refractivity (Wildman–Crippen MR) is 78.0 cm³/mol. The van der Waals surface area contributed by atoms with Crippen molar-refractivity contribution < 1.29 is 14.6 Å². The molecule has 0 spiro atoms. The minimum atomic E-state index is -0.336. The van der Waals surface area contributed by atoms with Crippen molar-refractivity contribution in [1.29, 1.82) is 0 Å². The number of nitrogens with one attached hydrogen (secondary N) is 1. The van der Waals surface area contributed by atoms with E-state index in [1.807, 2.05) is 13.8 Å². The van der Waals surface area contributed by atoms with Crippen molar-refractivity contribution in [3.8, 4) is 0 Å². The van der Waals surface area contributed by atoms with Crippen LogP contribution in [0, 0.1) is 0 Å². The van der Waals surface area contributed by atoms with E-state index >= 15 is 0 Å². The number of hydrogen-bond acceptors (Lipinski definition) is 7. The highest BCUT2D eigenvalue weighted by Crippen LogP contribution is 2.27. The van der Waals surface area contributed by atoms with Gasteiger partial charge in [-0.1, -0.05) is 11.3 Å². The quantitative estimate of drug-likeness (QED) is 0.743. The second kappa shape index (κ2) is 6.38. The lowest BCUT2D eigenvalue weighted by atomic mass is 10.2. The lowest BCUT2D eigenvalue weighted by Crippen LogP contribution is -2.51. The largest absolute Gasteiger partial charge is 0.394 e. The summed E-state index contributed by atoms with van der Waals surface area (Å²) >= 11 is 1.25. The van der Waals surface area contributed by atoms with Crippen molar-refractivity contribution in [3.63, 3.8) is 0 Å². The molecule has 0 aliphatic carbocycles. The lowest BCUT2D eigenvalue weighted by molar-refractivity contribution is -0.0666. The van der Waals surface area contributed by atoms with E-state index < -0.39 is 0 Å². The summed E-state index contributed by atoms with van der Waals surface area (Å²) in [5.41, 5.74) is 5.82. The van der Waals surface area contributed by atoms with Crippen molar-refractivity contribution in [1.82, 2.24) is 9.88 Å². The molecule has 2 heterocycles. The zero-order valence-electron chi connectivity index (χ0n) is 11.6. The fraction of sp³-hybridized carbons (Fsp3) is 0.667. The Labute approximate surface area is 121 Å². The van der Waals surface area contributed by atoms with Gasteiger partial charge in [-0.15, -0.1) is 0 Å². The minimum Gasteiger partial charge on any atom is -0.394 e. The Hall–Kier alpha value is -1.38. The number of rotatable bonds is 4. The first kappa shape index (κ1) is 15.0. The number of carbonyl (C=O) groups excluding carboxylic acids is 1. The van der Waals surface area contributed by atoms with Gasteiger partial charge >= 0.3 is 0 Å². The van der Waals surface area contributed by atoms with Crippen LogP contribution in [-0.2, 0) is 4.74 Å². The molecule has 2 atom stereocenters. The number of nitrogens with zero attached hydrogens (tertiary/aromatic N) is 2. The number of thiazole rings is 1. The van der Waals surface area contributed by atoms with Crippen LogP contribution in [0.25, 0.3) is 0 Å². The number of hydrogen-bond donors (Lipinski definition) is 3. The molecular weight excluding hydrogens is 280 g/mol. The number of anilines is 2. The van der Waals surface area contributed by atoms with Gasteiger partial charge in [-0.2, -0.15) is 0 Å². The van der Waals surface area contributed by atoms with Crippen LogP contribution in [0.15, 0.2) is 0 Å². The summed E-state index contributed by atoms with van der Waals surface area (Å²) in [6.45, 7) is 5.27. The number of nitrogens with two attached hydrogens (primary N) is 1. The number of ether oxygens (including phenoxy) is 1. The highest BCUT2D eigenvalue weighted by atomic mass is 32.1. The molecule has 112 valence electrons. The summed E-state index contributed by atoms with van der Waals surface area (Å²) in [5, 5.41) is 12.9. The monoisotopic (exact) mass is 300 g/mol. The van der Waals surface area contributed by atoms with E-state index in [0.29, 0.717) is 23.2 Å². The number of aliphatic hydroxyl groups is 1. The number of nitrogen functional groups attached to an aromatic ring is 1. The van der Waals surface area contributed by atoms with E-state index in [0.717, 1.165) is 6.54 Å². The van der Waals surface area contributed by atoms with E-state index in [1.54, 1.807) is 4.90 Å². The first-order valence-electron chi connectivity index (χ1n) is 6.60. The maximum Gasteiger partial charge on any atom is 0.268 e. The third-order valence-electron chi connectivity index (χ3n) is 3.15. The molecule has 0 bridgehead atoms. The summed E-state index contributed by atoms with van der Waals surface area (Å²) < 4.78 is 5.43. The number of morpholine rings is 1. The maximum absolute atomic E-state index is 12.6. The summed E-state index contributed by atoms with van der Waals surface area (Å²) in [6, 6.07) is -0.0469. The van der Waals surface area contributed by atoms with E-state index in [1.165, 1.54) is 11.3 Å². The Balaban J connectivity index is 2.16. The van der Waals surface area contributed by atoms with Gasteiger partial charge in [0.2, 0.25) is 0 Å². The highest BCUT2D eigenvalue weighted by Gasteiger charge is 2.32. The smallest absolute Gasteiger partial charge is 0.268 e. The summed E-state index contributed by atoms with van der Waals surface area (Å²) in [5.74, 6) is 0.0913. The van der Waals surface area contributed by atoms with E-state index in [-0.39, 0.29) is 30.5 Å². The van der Waals surface area contributed by atoms with Crippen LogP contribution in [0.1, 0.15) is 23.5 Å². The third-order valence-corrected chi connectivity index (χ3v) is 4.16. The SMILES string of the molecule is CCNc1nc(N)c(C(=O)N2CC(CO)OCC2C)s1. The van der Waals surface area contributed by atoms with Crippen LogP contribution in [0.3, 0.4) is 0 Å². The van der Waals surface area contributed by atoms with Crippen LogP contribution < -0.4 is 11.1 Å². The first-order valence-corrected chi connectivity index (χ1v) is 7.42. The molecule has 4 N–H and O–H groups in total. The molecule has 1 aromatic heterocycles. The van der Waals surface area contributed by atoms with Gasteiger partial charge in [0.15, 0.2) is 5.13 Å². The third kappa shape index (κ3) is 3.02. The van der Waals surface area contributed by atoms with Gasteiger partial charge in [0.25, 0.3) is 5.91 Å². The van der Waals surface area contributed by atoms with Crippen LogP contribution in [0.4, 0.5) is 10.9 Å². The van der Waals surface area contributed by atoms with Gasteiger partial charge < -0.3 is 25.8 Å². The normalized spacial score (nSPS) is 22.9. The molecule has 1 aliphatic rings. The molecule has 1 amide bonds. The Morgan fingerprint density at radius 3 is 3.10 bits per heavy atom. The molecule has 2 rings (SSSR count). The summed E-state index contributed by atoms with van der Waals surface area (Å²) in [6.07, 6.45) is -0.336. The maximum atomic E-state index is 12.6. The van der Waals surface area contributed by atoms with Crippen molar-refractivity contribution in [2.75, 3.05) is 37.4 Å². The predicted octanol–water partition coefficient (Wildman–Crippen LogP) is 0.379. The van der Waals surface area contributed by atoms with Gasteiger partial charge in [-0.3, -0.25) is 4.79 Å². The van der Waals surface area contributed by atoms with E-state index in [9.17, 15) is 4.79 Å². The fourth-order valence-electron chi connectivity index (χ4n) is 2.05. The molecule has 2 unspecified atom stereocenters. The van der Waals surface area contributed by atoms with Crippen LogP contribution in [0.2, 0.25) is 0 Å². The molecule has 1 aliphatic heterocycles. The second-order valence-corrected chi connectivity index (χ2v) is 5.71. The zero-order chi connectivity index (χ0) is 14.7. The molecule has 0 radical (unpaired) electrons. The van der Waals surface area contributed by atoms with Gasteiger partial charge in [-0.25, -0.2) is 4.98 Å². The number of carbonyl (C=O) groups is 1. The van der Waals surface area contributed by atoms with Crippen LogP contribution in [0.5, 0.6) is 0 Å². The van der Waals surface area contributed by atoms with Gasteiger partial charge in [0, 0.05) is 13.1 Å². The van der Waals surface area contributed by atoms with Crippen molar-refractivity contribution >= 4 is 28.2 Å². The van der Waals surface area contributed by atoms with Crippen molar-refractivity contribution in [2.24, 2.45) is 0 Å². The Morgan fingerprint density at radius 1 is 1.70 bits per heavy atom. The topological polar surface area (TPSA) is 101 Å². The van der Waals surface area contributed by atoms with Gasteiger partial charge in [-0.05, 0) is 13.8 Å². The van der Waals surface area contributed by atoms with Crippen molar-refractivity contribution in [2.45, 2.75) is 26.0 Å². The molecule has 20 heavy (non-hydrogen) atoms. The molecule has 0 saturated carbocycles. The molecule has 1 fully saturated rings. The number of aliphatic hydroxyl groups excluding tert-OH is 1. The molecule has 8 heteroatoms. The zero-order valence-corrected chi connectivity index (χ0v) is 12.4. The average molecular weight is 300 g/mol. The second-order valence-electron chi connectivity index (χ2n) is 4.71. The van der Waals surface area contributed by atoms with Crippen molar-refractivity contribution in [3.05, 3.63) is 4.88 Å². The molecule has 7 nitrogen and oxygen atoms in total. The number of amides is 1. The Kier molecular flexibility index (Phi) is 4.79. The van der Waals surface area contributed by atoms with Gasteiger partial charge in [0.1, 0.15) is 10.7 Å². The lowest BCUT2D eigenvalue weighted by Gasteiger charge is -2.37. The standard InChI is InChI=1S/C12H20N4O3S/c1-3-14-12-15-10(13)9(20-12)11(18)16-4-8(5-17)19-6-7(16)2/h7-8,17H,3-6,13H2,1-2H3,(H,14,15). The molecule has 0 aromatic carbocycles. The summed E-state index contributed by atoms with van der Waals surface area (Å²) in [4.78, 5) is 18.8. The molecular formula is C12H20N4O3S. The molecule has 1 saturated heterocycles. The molecule has 1 aromatic rings. The van der Waals surface area contributed by atoms with Gasteiger partial charge in [0.05, 0.1) is 25.4 Å². The first-order chi connectivity index (χ1) is 9.56.